The van der Waals surface area contributed by atoms with Crippen molar-refractivity contribution in [3.63, 3.8) is 0 Å². The topological polar surface area (TPSA) is 62.2 Å². The molecule has 6 heteroatoms. The predicted molar refractivity (Wildman–Crippen MR) is 91.3 cm³/mol. The van der Waals surface area contributed by atoms with Crippen LogP contribution in [0.1, 0.15) is 19.8 Å². The molecule has 0 saturated carbocycles. The monoisotopic (exact) mass is 334 g/mol. The number of aromatic hydroxyl groups is 1. The molecule has 2 heterocycles. The second kappa shape index (κ2) is 7.85. The summed E-state index contributed by atoms with van der Waals surface area (Å²) in [7, 11) is 0. The van der Waals surface area contributed by atoms with Gasteiger partial charge >= 0.3 is 0 Å². The first-order valence-corrected chi connectivity index (χ1v) is 8.70. The lowest BCUT2D eigenvalue weighted by Gasteiger charge is -2.37. The molecule has 2 aliphatic rings. The second-order valence-electron chi connectivity index (χ2n) is 6.41. The van der Waals surface area contributed by atoms with E-state index < -0.39 is 6.10 Å². The lowest BCUT2D eigenvalue weighted by Crippen LogP contribution is -2.51. The van der Waals surface area contributed by atoms with E-state index in [9.17, 15) is 9.90 Å². The second-order valence-corrected chi connectivity index (χ2v) is 6.41. The van der Waals surface area contributed by atoms with Crippen molar-refractivity contribution in [3.05, 3.63) is 24.3 Å². The lowest BCUT2D eigenvalue weighted by molar-refractivity contribution is -0.144. The van der Waals surface area contributed by atoms with Crippen molar-refractivity contribution in [2.75, 3.05) is 44.3 Å². The van der Waals surface area contributed by atoms with Gasteiger partial charge in [-0.2, -0.15) is 0 Å². The molecule has 2 unspecified atom stereocenters. The van der Waals surface area contributed by atoms with E-state index in [2.05, 4.69) is 4.90 Å². The third kappa shape index (κ3) is 3.99. The first kappa shape index (κ1) is 17.0. The molecule has 132 valence electrons. The molecule has 1 aromatic rings. The number of hydrogen-bond donors (Lipinski definition) is 1. The van der Waals surface area contributed by atoms with E-state index in [1.54, 1.807) is 6.07 Å². The SMILES string of the molecule is CC(OCC1CCCO1)C(=O)N1CCN(c2ccccc2O)CC1. The van der Waals surface area contributed by atoms with E-state index in [1.807, 2.05) is 30.0 Å². The van der Waals surface area contributed by atoms with Crippen LogP contribution in [0.3, 0.4) is 0 Å². The number of amides is 1. The fraction of sp³-hybridized carbons (Fsp3) is 0.611. The number of carbonyl (C=O) groups is 1. The van der Waals surface area contributed by atoms with Crippen LogP contribution in [0.5, 0.6) is 5.75 Å². The van der Waals surface area contributed by atoms with Gasteiger partial charge in [-0.3, -0.25) is 4.79 Å². The van der Waals surface area contributed by atoms with Gasteiger partial charge in [-0.05, 0) is 31.9 Å². The van der Waals surface area contributed by atoms with Crippen LogP contribution in [0.25, 0.3) is 0 Å². The molecule has 0 bridgehead atoms. The van der Waals surface area contributed by atoms with Gasteiger partial charge in [0.15, 0.2) is 0 Å². The van der Waals surface area contributed by atoms with E-state index in [1.165, 1.54) is 0 Å². The van der Waals surface area contributed by atoms with Crippen molar-refractivity contribution in [2.24, 2.45) is 0 Å². The molecule has 2 saturated heterocycles. The van der Waals surface area contributed by atoms with Gasteiger partial charge < -0.3 is 24.4 Å². The fourth-order valence-corrected chi connectivity index (χ4v) is 3.26. The predicted octanol–water partition coefficient (Wildman–Crippen LogP) is 1.62. The molecule has 1 amide bonds. The van der Waals surface area contributed by atoms with Crippen LogP contribution in [0.2, 0.25) is 0 Å². The van der Waals surface area contributed by atoms with Crippen molar-refractivity contribution in [2.45, 2.75) is 32.0 Å². The molecule has 2 fully saturated rings. The highest BCUT2D eigenvalue weighted by Crippen LogP contribution is 2.27. The Morgan fingerprint density at radius 2 is 2.08 bits per heavy atom. The number of hydrogen-bond acceptors (Lipinski definition) is 5. The average molecular weight is 334 g/mol. The number of rotatable bonds is 5. The molecule has 2 aliphatic heterocycles. The maximum absolute atomic E-state index is 12.5. The smallest absolute Gasteiger partial charge is 0.251 e. The zero-order valence-corrected chi connectivity index (χ0v) is 14.2. The zero-order valence-electron chi connectivity index (χ0n) is 14.2. The summed E-state index contributed by atoms with van der Waals surface area (Å²) in [4.78, 5) is 16.5. The third-order valence-electron chi connectivity index (χ3n) is 4.72. The number of ether oxygens (including phenoxy) is 2. The highest BCUT2D eigenvalue weighted by Gasteiger charge is 2.27. The van der Waals surface area contributed by atoms with Crippen LogP contribution in [0, 0.1) is 0 Å². The van der Waals surface area contributed by atoms with Crippen molar-refractivity contribution in [1.29, 1.82) is 0 Å². The molecular weight excluding hydrogens is 308 g/mol. The molecule has 0 aromatic heterocycles. The fourth-order valence-electron chi connectivity index (χ4n) is 3.26. The van der Waals surface area contributed by atoms with E-state index in [-0.39, 0.29) is 17.8 Å². The van der Waals surface area contributed by atoms with E-state index in [4.69, 9.17) is 9.47 Å². The molecule has 0 aliphatic carbocycles. The Bertz CT molecular complexity index is 552. The van der Waals surface area contributed by atoms with Crippen molar-refractivity contribution in [1.82, 2.24) is 4.90 Å². The summed E-state index contributed by atoms with van der Waals surface area (Å²) < 4.78 is 11.2. The number of phenolic OH excluding ortho intramolecular Hbond substituents is 1. The highest BCUT2D eigenvalue weighted by atomic mass is 16.5. The zero-order chi connectivity index (χ0) is 16.9. The van der Waals surface area contributed by atoms with E-state index in [0.29, 0.717) is 32.8 Å². The Hall–Kier alpha value is -1.79. The molecule has 3 rings (SSSR count). The maximum Gasteiger partial charge on any atom is 0.251 e. The van der Waals surface area contributed by atoms with Gasteiger partial charge in [-0.1, -0.05) is 12.1 Å². The van der Waals surface area contributed by atoms with Gasteiger partial charge in [0.1, 0.15) is 11.9 Å². The Kier molecular flexibility index (Phi) is 5.58. The van der Waals surface area contributed by atoms with Crippen LogP contribution in [-0.2, 0) is 14.3 Å². The first-order chi connectivity index (χ1) is 11.6. The standard InChI is InChI=1S/C18H26N2O4/c1-14(24-13-15-5-4-12-23-15)18(22)20-10-8-19(9-11-20)16-6-2-3-7-17(16)21/h2-3,6-7,14-15,21H,4-5,8-13H2,1H3. The normalized spacial score (nSPS) is 22.6. The summed E-state index contributed by atoms with van der Waals surface area (Å²) in [6.07, 6.45) is 1.79. The molecule has 24 heavy (non-hydrogen) atoms. The third-order valence-corrected chi connectivity index (χ3v) is 4.72. The summed E-state index contributed by atoms with van der Waals surface area (Å²) in [5.41, 5.74) is 0.826. The Labute approximate surface area is 143 Å². The van der Waals surface area contributed by atoms with Crippen molar-refractivity contribution < 1.29 is 19.4 Å². The van der Waals surface area contributed by atoms with Crippen LogP contribution in [0.4, 0.5) is 5.69 Å². The Morgan fingerprint density at radius 1 is 1.33 bits per heavy atom. The number of phenols is 1. The van der Waals surface area contributed by atoms with Crippen LogP contribution < -0.4 is 4.90 Å². The Balaban J connectivity index is 1.46. The summed E-state index contributed by atoms with van der Waals surface area (Å²) in [5.74, 6) is 0.315. The minimum absolute atomic E-state index is 0.0323. The number of para-hydroxylation sites is 2. The van der Waals surface area contributed by atoms with Crippen LogP contribution >= 0.6 is 0 Å². The molecule has 0 spiro atoms. The lowest BCUT2D eigenvalue weighted by atomic mass is 10.2. The molecule has 6 nitrogen and oxygen atoms in total. The number of carbonyl (C=O) groups excluding carboxylic acids is 1. The number of nitrogens with zero attached hydrogens (tertiary/aromatic N) is 2. The molecular formula is C18H26N2O4. The quantitative estimate of drug-likeness (QED) is 0.887. The Morgan fingerprint density at radius 3 is 2.75 bits per heavy atom. The highest BCUT2D eigenvalue weighted by molar-refractivity contribution is 5.81. The largest absolute Gasteiger partial charge is 0.506 e. The number of piperazine rings is 1. The first-order valence-electron chi connectivity index (χ1n) is 8.70. The minimum Gasteiger partial charge on any atom is -0.506 e. The van der Waals surface area contributed by atoms with Crippen LogP contribution in [0.15, 0.2) is 24.3 Å². The van der Waals surface area contributed by atoms with Crippen molar-refractivity contribution >= 4 is 11.6 Å². The molecule has 1 aromatic carbocycles. The number of anilines is 1. The van der Waals surface area contributed by atoms with E-state index in [0.717, 1.165) is 25.1 Å². The van der Waals surface area contributed by atoms with Gasteiger partial charge in [0.05, 0.1) is 18.4 Å². The van der Waals surface area contributed by atoms with Gasteiger partial charge in [0.25, 0.3) is 5.91 Å². The summed E-state index contributed by atoms with van der Waals surface area (Å²) >= 11 is 0. The molecule has 1 N–H and O–H groups in total. The number of benzene rings is 1. The van der Waals surface area contributed by atoms with E-state index >= 15 is 0 Å². The van der Waals surface area contributed by atoms with Gasteiger partial charge in [0.2, 0.25) is 0 Å². The summed E-state index contributed by atoms with van der Waals surface area (Å²) in [5, 5.41) is 9.95. The average Bonchev–Trinajstić information content (AvgIpc) is 3.13. The van der Waals surface area contributed by atoms with Gasteiger partial charge in [-0.15, -0.1) is 0 Å². The van der Waals surface area contributed by atoms with Crippen LogP contribution in [-0.4, -0.2) is 67.5 Å². The summed E-state index contributed by atoms with van der Waals surface area (Å²) in [6.45, 7) is 5.80. The molecule has 0 radical (unpaired) electrons. The van der Waals surface area contributed by atoms with Gasteiger partial charge in [0, 0.05) is 32.8 Å². The maximum atomic E-state index is 12.5. The van der Waals surface area contributed by atoms with Crippen molar-refractivity contribution in [3.8, 4) is 5.75 Å². The summed E-state index contributed by atoms with van der Waals surface area (Å²) in [6, 6.07) is 7.31. The van der Waals surface area contributed by atoms with Gasteiger partial charge in [-0.25, -0.2) is 0 Å². The minimum atomic E-state index is -0.439. The molecule has 2 atom stereocenters.